The van der Waals surface area contributed by atoms with E-state index < -0.39 is 0 Å². The van der Waals surface area contributed by atoms with Crippen molar-refractivity contribution in [2.24, 2.45) is 5.92 Å². The van der Waals surface area contributed by atoms with Gasteiger partial charge in [-0.2, -0.15) is 0 Å². The maximum atomic E-state index is 5.42. The van der Waals surface area contributed by atoms with Crippen molar-refractivity contribution in [2.45, 2.75) is 19.8 Å². The van der Waals surface area contributed by atoms with Crippen LogP contribution >= 0.6 is 0 Å². The fourth-order valence-electron chi connectivity index (χ4n) is 2.56. The number of aromatic nitrogens is 1. The van der Waals surface area contributed by atoms with E-state index in [1.807, 2.05) is 0 Å². The molecule has 0 aliphatic carbocycles. The Morgan fingerprint density at radius 2 is 2.24 bits per heavy atom. The van der Waals surface area contributed by atoms with Crippen molar-refractivity contribution in [2.75, 3.05) is 13.2 Å². The van der Waals surface area contributed by atoms with Gasteiger partial charge in [-0.1, -0.05) is 18.2 Å². The Hall–Kier alpha value is -1.41. The summed E-state index contributed by atoms with van der Waals surface area (Å²) in [5.41, 5.74) is 3.64. The average Bonchev–Trinajstić information content (AvgIpc) is 2.82. The van der Waals surface area contributed by atoms with Gasteiger partial charge in [-0.15, -0.1) is 0 Å². The lowest BCUT2D eigenvalue weighted by Gasteiger charge is -2.09. The Kier molecular flexibility index (Phi) is 2.81. The molecule has 3 rings (SSSR count). The second kappa shape index (κ2) is 4.46. The van der Waals surface area contributed by atoms with E-state index in [0.717, 1.165) is 25.2 Å². The van der Waals surface area contributed by atoms with Gasteiger partial charge in [0, 0.05) is 24.3 Å². The zero-order valence-corrected chi connectivity index (χ0v) is 10.1. The van der Waals surface area contributed by atoms with Gasteiger partial charge in [0.15, 0.2) is 0 Å². The standard InChI is InChI=1S/C15H17NO/c1-11-8-13(9-12-6-7-17-10-12)16-15-5-3-2-4-14(11)15/h2-5,8,12H,6-7,9-10H2,1H3. The van der Waals surface area contributed by atoms with Crippen LogP contribution in [-0.4, -0.2) is 18.2 Å². The molecule has 2 heterocycles. The Labute approximate surface area is 102 Å². The van der Waals surface area contributed by atoms with Crippen LogP contribution < -0.4 is 0 Å². The normalized spacial score (nSPS) is 19.9. The molecule has 0 radical (unpaired) electrons. The van der Waals surface area contributed by atoms with Gasteiger partial charge in [0.2, 0.25) is 0 Å². The molecule has 1 fully saturated rings. The maximum absolute atomic E-state index is 5.42. The minimum atomic E-state index is 0.656. The van der Waals surface area contributed by atoms with Crippen molar-refractivity contribution < 1.29 is 4.74 Å². The molecule has 17 heavy (non-hydrogen) atoms. The minimum absolute atomic E-state index is 0.656. The van der Waals surface area contributed by atoms with E-state index in [-0.39, 0.29) is 0 Å². The van der Waals surface area contributed by atoms with Crippen molar-refractivity contribution in [3.05, 3.63) is 41.6 Å². The van der Waals surface area contributed by atoms with E-state index in [4.69, 9.17) is 9.72 Å². The minimum Gasteiger partial charge on any atom is -0.381 e. The van der Waals surface area contributed by atoms with Gasteiger partial charge in [-0.05, 0) is 43.4 Å². The molecule has 1 atom stereocenters. The number of para-hydroxylation sites is 1. The summed E-state index contributed by atoms with van der Waals surface area (Å²) in [7, 11) is 0. The summed E-state index contributed by atoms with van der Waals surface area (Å²) in [5.74, 6) is 0.656. The van der Waals surface area contributed by atoms with E-state index >= 15 is 0 Å². The lowest BCUT2D eigenvalue weighted by molar-refractivity contribution is 0.185. The molecule has 0 bridgehead atoms. The molecule has 0 spiro atoms. The SMILES string of the molecule is Cc1cc(CC2CCOC2)nc2ccccc12. The van der Waals surface area contributed by atoms with Crippen LogP contribution in [0.2, 0.25) is 0 Å². The molecule has 1 aromatic carbocycles. The summed E-state index contributed by atoms with van der Waals surface area (Å²) < 4.78 is 5.42. The van der Waals surface area contributed by atoms with Gasteiger partial charge in [0.05, 0.1) is 5.52 Å². The van der Waals surface area contributed by atoms with Crippen LogP contribution in [0.15, 0.2) is 30.3 Å². The highest BCUT2D eigenvalue weighted by Gasteiger charge is 2.17. The molecule has 0 saturated carbocycles. The number of benzene rings is 1. The number of fused-ring (bicyclic) bond motifs is 1. The number of ether oxygens (including phenoxy) is 1. The molecule has 2 heteroatoms. The number of pyridine rings is 1. The number of hydrogen-bond acceptors (Lipinski definition) is 2. The number of rotatable bonds is 2. The largest absolute Gasteiger partial charge is 0.381 e. The van der Waals surface area contributed by atoms with Crippen LogP contribution in [0.4, 0.5) is 0 Å². The summed E-state index contributed by atoms with van der Waals surface area (Å²) in [6, 6.07) is 10.6. The van der Waals surface area contributed by atoms with E-state index in [1.165, 1.54) is 23.1 Å². The summed E-state index contributed by atoms with van der Waals surface area (Å²) in [5, 5.41) is 1.26. The predicted molar refractivity (Wildman–Crippen MR) is 69.1 cm³/mol. The first-order chi connectivity index (χ1) is 8.33. The zero-order chi connectivity index (χ0) is 11.7. The summed E-state index contributed by atoms with van der Waals surface area (Å²) >= 11 is 0. The van der Waals surface area contributed by atoms with E-state index in [9.17, 15) is 0 Å². The third-order valence-electron chi connectivity index (χ3n) is 3.50. The molecular weight excluding hydrogens is 210 g/mol. The zero-order valence-electron chi connectivity index (χ0n) is 10.1. The van der Waals surface area contributed by atoms with Crippen molar-refractivity contribution in [3.8, 4) is 0 Å². The van der Waals surface area contributed by atoms with Crippen molar-refractivity contribution in [1.29, 1.82) is 0 Å². The first kappa shape index (κ1) is 10.7. The van der Waals surface area contributed by atoms with E-state index in [1.54, 1.807) is 0 Å². The van der Waals surface area contributed by atoms with Crippen molar-refractivity contribution >= 4 is 10.9 Å². The van der Waals surface area contributed by atoms with Gasteiger partial charge in [0.25, 0.3) is 0 Å². The summed E-state index contributed by atoms with van der Waals surface area (Å²) in [6.45, 7) is 3.98. The number of nitrogens with zero attached hydrogens (tertiary/aromatic N) is 1. The number of aryl methyl sites for hydroxylation is 1. The highest BCUT2D eigenvalue weighted by molar-refractivity contribution is 5.81. The molecule has 88 valence electrons. The lowest BCUT2D eigenvalue weighted by atomic mass is 10.00. The highest BCUT2D eigenvalue weighted by Crippen LogP contribution is 2.21. The van der Waals surface area contributed by atoms with Gasteiger partial charge >= 0.3 is 0 Å². The average molecular weight is 227 g/mol. The topological polar surface area (TPSA) is 22.1 Å². The Morgan fingerprint density at radius 1 is 1.35 bits per heavy atom. The van der Waals surface area contributed by atoms with Gasteiger partial charge in [-0.3, -0.25) is 4.98 Å². The molecule has 1 aliphatic heterocycles. The third-order valence-corrected chi connectivity index (χ3v) is 3.50. The number of hydrogen-bond donors (Lipinski definition) is 0. The Balaban J connectivity index is 1.94. The molecule has 1 unspecified atom stereocenters. The molecule has 1 saturated heterocycles. The van der Waals surface area contributed by atoms with Gasteiger partial charge in [0.1, 0.15) is 0 Å². The first-order valence-electron chi connectivity index (χ1n) is 6.26. The van der Waals surface area contributed by atoms with E-state index in [2.05, 4.69) is 37.3 Å². The van der Waals surface area contributed by atoms with Crippen LogP contribution in [0.3, 0.4) is 0 Å². The van der Waals surface area contributed by atoms with Gasteiger partial charge < -0.3 is 4.74 Å². The van der Waals surface area contributed by atoms with Crippen LogP contribution in [-0.2, 0) is 11.2 Å². The molecule has 1 aliphatic rings. The highest BCUT2D eigenvalue weighted by atomic mass is 16.5. The van der Waals surface area contributed by atoms with Crippen LogP contribution in [0.5, 0.6) is 0 Å². The Morgan fingerprint density at radius 3 is 3.06 bits per heavy atom. The fraction of sp³-hybridized carbons (Fsp3) is 0.400. The molecule has 0 N–H and O–H groups in total. The van der Waals surface area contributed by atoms with Gasteiger partial charge in [-0.25, -0.2) is 0 Å². The molecule has 1 aromatic heterocycles. The molecular formula is C15H17NO. The van der Waals surface area contributed by atoms with Crippen LogP contribution in [0, 0.1) is 12.8 Å². The molecule has 2 aromatic rings. The quantitative estimate of drug-likeness (QED) is 0.786. The molecule has 0 amide bonds. The van der Waals surface area contributed by atoms with Crippen molar-refractivity contribution in [3.63, 3.8) is 0 Å². The second-order valence-corrected chi connectivity index (χ2v) is 4.88. The van der Waals surface area contributed by atoms with Crippen LogP contribution in [0.25, 0.3) is 10.9 Å². The lowest BCUT2D eigenvalue weighted by Crippen LogP contribution is -2.05. The molecule has 2 nitrogen and oxygen atoms in total. The fourth-order valence-corrected chi connectivity index (χ4v) is 2.56. The summed E-state index contributed by atoms with van der Waals surface area (Å²) in [6.07, 6.45) is 2.22. The third kappa shape index (κ3) is 2.18. The smallest absolute Gasteiger partial charge is 0.0707 e. The second-order valence-electron chi connectivity index (χ2n) is 4.88. The van der Waals surface area contributed by atoms with E-state index in [0.29, 0.717) is 5.92 Å². The van der Waals surface area contributed by atoms with Crippen molar-refractivity contribution in [1.82, 2.24) is 4.98 Å². The van der Waals surface area contributed by atoms with Crippen LogP contribution in [0.1, 0.15) is 17.7 Å². The Bertz CT molecular complexity index is 529. The summed E-state index contributed by atoms with van der Waals surface area (Å²) in [4.78, 5) is 4.74. The maximum Gasteiger partial charge on any atom is 0.0707 e. The monoisotopic (exact) mass is 227 g/mol. The first-order valence-corrected chi connectivity index (χ1v) is 6.26. The predicted octanol–water partition coefficient (Wildman–Crippen LogP) is 3.12.